The topological polar surface area (TPSA) is 105 Å². The first-order valence-electron chi connectivity index (χ1n) is 14.4. The minimum Gasteiger partial charge on any atom is -0.496 e. The number of rotatable bonds is 10. The van der Waals surface area contributed by atoms with E-state index in [1.54, 1.807) is 44.2 Å². The van der Waals surface area contributed by atoms with Crippen molar-refractivity contribution in [2.75, 3.05) is 10.6 Å². The molecule has 0 saturated carbocycles. The van der Waals surface area contributed by atoms with Crippen LogP contribution in [0.1, 0.15) is 57.6 Å². The Labute approximate surface area is 294 Å². The monoisotopic (exact) mass is 647 g/mol. The normalized spacial score (nSPS) is 17.1. The quantitative estimate of drug-likeness (QED) is 0.286. The summed E-state index contributed by atoms with van der Waals surface area (Å²) in [6, 6.07) is 9.45. The highest BCUT2D eigenvalue weighted by atomic mass is 35.5. The van der Waals surface area contributed by atoms with Crippen molar-refractivity contribution in [1.82, 2.24) is 15.3 Å². The van der Waals surface area contributed by atoms with Crippen LogP contribution in [0.5, 0.6) is 5.75 Å². The molecule has 3 aromatic rings. The van der Waals surface area contributed by atoms with Gasteiger partial charge in [-0.3, -0.25) is 0 Å². The predicted octanol–water partition coefficient (Wildman–Crippen LogP) is 1.64. The van der Waals surface area contributed by atoms with E-state index >= 15 is 0 Å². The molecule has 2 heterocycles. The lowest BCUT2D eigenvalue weighted by atomic mass is 9.38. The summed E-state index contributed by atoms with van der Waals surface area (Å²) in [5.74, 6) is -0.0988. The van der Waals surface area contributed by atoms with Crippen molar-refractivity contribution in [3.63, 3.8) is 0 Å². The van der Waals surface area contributed by atoms with Crippen LogP contribution in [0, 0.1) is 0 Å². The molecule has 2 aromatic carbocycles. The standard InChI is InChI=1S/C28H27B9ClN5O3S/c1-24(2,29)46-20-9-15(14-11-26(31,32)43-27(33,34)12-14)16(28(35,36)37)10-19(20)41-23-39-13-17(38)22(42-23)40-18-7-5-6-8-21(18)47(44,45)25(3,4)30/h5-10,13-14,43H,11-12H2,1-4H3,(H2,39,40,41,42). The molecule has 1 fully saturated rings. The van der Waals surface area contributed by atoms with Gasteiger partial charge in [0, 0.05) is 4.65 Å². The molecule has 1 aliphatic rings. The summed E-state index contributed by atoms with van der Waals surface area (Å²) >= 11 is 6.44. The van der Waals surface area contributed by atoms with Gasteiger partial charge in [-0.2, -0.15) is 4.98 Å². The summed E-state index contributed by atoms with van der Waals surface area (Å²) in [6.45, 7) is 6.10. The van der Waals surface area contributed by atoms with Gasteiger partial charge in [-0.05, 0) is 62.4 Å². The fourth-order valence-corrected chi connectivity index (χ4v) is 6.64. The van der Waals surface area contributed by atoms with Gasteiger partial charge in [-0.15, -0.1) is 5.11 Å². The van der Waals surface area contributed by atoms with Crippen molar-refractivity contribution >= 4 is 115 Å². The van der Waals surface area contributed by atoms with Crippen LogP contribution >= 0.6 is 11.6 Å². The van der Waals surface area contributed by atoms with Crippen molar-refractivity contribution in [3.8, 4) is 5.75 Å². The van der Waals surface area contributed by atoms with E-state index in [1.807, 2.05) is 0 Å². The second-order valence-corrected chi connectivity index (χ2v) is 16.0. The fourth-order valence-electron chi connectivity index (χ4n) is 5.27. The molecule has 0 spiro atoms. The van der Waals surface area contributed by atoms with E-state index in [9.17, 15) is 8.42 Å². The van der Waals surface area contributed by atoms with Crippen molar-refractivity contribution in [1.29, 1.82) is 0 Å². The van der Waals surface area contributed by atoms with E-state index in [2.05, 4.69) is 25.9 Å². The van der Waals surface area contributed by atoms with Crippen LogP contribution in [0.15, 0.2) is 47.5 Å². The van der Waals surface area contributed by atoms with Crippen molar-refractivity contribution in [3.05, 3.63) is 58.7 Å². The van der Waals surface area contributed by atoms with Gasteiger partial charge in [0.15, 0.2) is 15.7 Å². The Balaban J connectivity index is 1.80. The molecule has 0 unspecified atom stereocenters. The highest BCUT2D eigenvalue weighted by Gasteiger charge is 2.39. The summed E-state index contributed by atoms with van der Waals surface area (Å²) in [5, 5.41) is 4.26. The Morgan fingerprint density at radius 2 is 1.53 bits per heavy atom. The number of aromatic nitrogens is 2. The minimum absolute atomic E-state index is 0.0270. The first-order valence-corrected chi connectivity index (χ1v) is 16.3. The van der Waals surface area contributed by atoms with Crippen molar-refractivity contribution in [2.45, 2.75) is 77.3 Å². The van der Waals surface area contributed by atoms with E-state index in [1.165, 1.54) is 26.1 Å². The Morgan fingerprint density at radius 1 is 0.936 bits per heavy atom. The molecule has 3 N–H and O–H groups in total. The zero-order valence-corrected chi connectivity index (χ0v) is 28.2. The average Bonchev–Trinajstić information content (AvgIpc) is 2.87. The number of nitrogens with zero attached hydrogens (tertiary/aromatic N) is 2. The molecular formula is C28H27B9ClN5O3S. The number of sulfone groups is 1. The third kappa shape index (κ3) is 9.04. The first-order chi connectivity index (χ1) is 21.3. The fraction of sp³-hybridized carbons (Fsp3) is 0.429. The van der Waals surface area contributed by atoms with Gasteiger partial charge in [0.05, 0.1) is 90.7 Å². The highest BCUT2D eigenvalue weighted by Crippen LogP contribution is 2.44. The Kier molecular flexibility index (Phi) is 10.3. The Hall–Kier alpha value is -2.30. The molecule has 4 rings (SSSR count). The maximum absolute atomic E-state index is 13.2. The van der Waals surface area contributed by atoms with E-state index < -0.39 is 41.7 Å². The molecule has 0 aliphatic carbocycles. The number of para-hydroxylation sites is 1. The maximum atomic E-state index is 13.2. The average molecular weight is 646 g/mol. The lowest BCUT2D eigenvalue weighted by Gasteiger charge is -2.49. The van der Waals surface area contributed by atoms with Gasteiger partial charge in [0.25, 0.3) is 0 Å². The molecular weight excluding hydrogens is 619 g/mol. The van der Waals surface area contributed by atoms with Crippen LogP contribution in [0.25, 0.3) is 0 Å². The summed E-state index contributed by atoms with van der Waals surface area (Å²) in [6.07, 6.45) is 1.71. The van der Waals surface area contributed by atoms with E-state index in [-0.39, 0.29) is 57.2 Å². The number of anilines is 4. The van der Waals surface area contributed by atoms with E-state index in [0.717, 1.165) is 0 Å². The van der Waals surface area contributed by atoms with Gasteiger partial charge < -0.3 is 20.7 Å². The van der Waals surface area contributed by atoms with Crippen LogP contribution in [-0.2, 0) is 15.0 Å². The first kappa shape index (κ1) is 37.5. The molecule has 1 saturated heterocycles. The van der Waals surface area contributed by atoms with Gasteiger partial charge in [-0.25, -0.2) is 13.4 Å². The third-order valence-corrected chi connectivity index (χ3v) is 9.77. The molecule has 0 atom stereocenters. The number of hydrogen-bond donors (Lipinski definition) is 3. The highest BCUT2D eigenvalue weighted by molar-refractivity contribution is 7.94. The number of hydrogen-bond acceptors (Lipinski definition) is 8. The minimum atomic E-state index is -3.95. The molecule has 0 amide bonds. The van der Waals surface area contributed by atoms with Crippen LogP contribution < -0.4 is 20.7 Å². The van der Waals surface area contributed by atoms with Crippen LogP contribution in [0.3, 0.4) is 0 Å². The number of halogens is 1. The molecule has 0 bridgehead atoms. The summed E-state index contributed by atoms with van der Waals surface area (Å²) in [7, 11) is 51.9. The van der Waals surface area contributed by atoms with Crippen LogP contribution in [-0.4, -0.2) is 110 Å². The van der Waals surface area contributed by atoms with Gasteiger partial charge in [0.1, 0.15) is 18.6 Å². The van der Waals surface area contributed by atoms with E-state index in [0.29, 0.717) is 5.56 Å². The van der Waals surface area contributed by atoms with Gasteiger partial charge >= 0.3 is 0 Å². The summed E-state index contributed by atoms with van der Waals surface area (Å²) in [5.41, 5.74) is 0.138. The lowest BCUT2D eigenvalue weighted by Crippen LogP contribution is -2.64. The second-order valence-electron chi connectivity index (χ2n) is 13.1. The number of piperidine rings is 1. The third-order valence-electron chi connectivity index (χ3n) is 7.18. The van der Waals surface area contributed by atoms with E-state index in [4.69, 9.17) is 87.0 Å². The molecule has 1 aromatic heterocycles. The zero-order chi connectivity index (χ0) is 35.4. The SMILES string of the molecule is [B]C1([B])CC(c2cc(OC([B])(C)C)c(Nc3ncc(Cl)c(Nc4ccccc4S(=O)(=O)C([B])(C)C)n3)cc2C([B])([B])[B])CC([B])([B])N1. The van der Waals surface area contributed by atoms with Crippen LogP contribution in [0.4, 0.5) is 23.1 Å². The predicted molar refractivity (Wildman–Crippen MR) is 196 cm³/mol. The Bertz CT molecular complexity index is 1750. The Morgan fingerprint density at radius 3 is 2.09 bits per heavy atom. The summed E-state index contributed by atoms with van der Waals surface area (Å²) < 4.78 is 31.0. The molecule has 19 heteroatoms. The summed E-state index contributed by atoms with van der Waals surface area (Å²) in [4.78, 5) is 8.72. The van der Waals surface area contributed by atoms with Gasteiger partial charge in [-0.1, -0.05) is 53.8 Å². The smallest absolute Gasteiger partial charge is 0.229 e. The van der Waals surface area contributed by atoms with Crippen LogP contribution in [0.2, 0.25) is 5.02 Å². The molecule has 8 nitrogen and oxygen atoms in total. The van der Waals surface area contributed by atoms with Crippen molar-refractivity contribution in [2.24, 2.45) is 0 Å². The van der Waals surface area contributed by atoms with Crippen molar-refractivity contribution < 1.29 is 13.2 Å². The zero-order valence-electron chi connectivity index (χ0n) is 26.6. The number of nitrogens with one attached hydrogen (secondary N) is 3. The maximum Gasteiger partial charge on any atom is 0.229 e. The molecule has 222 valence electrons. The molecule has 18 radical (unpaired) electrons. The number of benzene rings is 2. The second kappa shape index (κ2) is 12.9. The molecule has 47 heavy (non-hydrogen) atoms. The number of ether oxygens (including phenoxy) is 1. The lowest BCUT2D eigenvalue weighted by molar-refractivity contribution is 0.199. The van der Waals surface area contributed by atoms with Gasteiger partial charge in [0.2, 0.25) is 5.95 Å². The molecule has 1 aliphatic heterocycles. The largest absolute Gasteiger partial charge is 0.496 e.